The first-order chi connectivity index (χ1) is 10.3. The van der Waals surface area contributed by atoms with Crippen molar-refractivity contribution >= 4 is 10.8 Å². The molecule has 0 fully saturated rings. The average Bonchev–Trinajstić information content (AvgIpc) is 2.97. The van der Waals surface area contributed by atoms with Crippen LogP contribution in [-0.4, -0.2) is 11.2 Å². The summed E-state index contributed by atoms with van der Waals surface area (Å²) in [6, 6.07) is 22.3. The Morgan fingerprint density at radius 2 is 1.67 bits per heavy atom. The summed E-state index contributed by atoms with van der Waals surface area (Å²) in [5.41, 5.74) is 2.08. The molecule has 2 unspecified atom stereocenters. The molecule has 0 aromatic heterocycles. The lowest BCUT2D eigenvalue weighted by molar-refractivity contribution is 0.0493. The van der Waals surface area contributed by atoms with Gasteiger partial charge in [-0.05, 0) is 34.0 Å². The molecule has 0 bridgehead atoms. The second-order valence-corrected chi connectivity index (χ2v) is 5.52. The average molecular weight is 276 g/mol. The molecule has 4 rings (SSSR count). The zero-order valence-electron chi connectivity index (χ0n) is 11.6. The van der Waals surface area contributed by atoms with E-state index < -0.39 is 6.10 Å². The molecule has 0 aliphatic carbocycles. The van der Waals surface area contributed by atoms with Crippen LogP contribution in [0.25, 0.3) is 10.8 Å². The van der Waals surface area contributed by atoms with Crippen molar-refractivity contribution in [1.82, 2.24) is 0 Å². The number of rotatable bonds is 2. The van der Waals surface area contributed by atoms with Crippen LogP contribution >= 0.6 is 0 Å². The minimum Gasteiger partial charge on any atom is -0.487 e. The van der Waals surface area contributed by atoms with E-state index in [1.807, 2.05) is 42.5 Å². The Balaban J connectivity index is 1.64. The van der Waals surface area contributed by atoms with Crippen molar-refractivity contribution in [3.05, 3.63) is 77.9 Å². The minimum atomic E-state index is -0.609. The highest BCUT2D eigenvalue weighted by molar-refractivity contribution is 5.83. The largest absolute Gasteiger partial charge is 0.487 e. The van der Waals surface area contributed by atoms with E-state index in [2.05, 4.69) is 24.3 Å². The smallest absolute Gasteiger partial charge is 0.133 e. The van der Waals surface area contributed by atoms with Gasteiger partial charge in [0.15, 0.2) is 0 Å². The van der Waals surface area contributed by atoms with E-state index in [0.29, 0.717) is 0 Å². The number of aliphatic hydroxyl groups excluding tert-OH is 1. The monoisotopic (exact) mass is 276 g/mol. The summed E-state index contributed by atoms with van der Waals surface area (Å²) in [6.45, 7) is 0. The number of aliphatic hydroxyl groups is 1. The Hall–Kier alpha value is -2.32. The molecular formula is C19H16O2. The van der Waals surface area contributed by atoms with Crippen LogP contribution in [0.5, 0.6) is 5.75 Å². The molecular weight excluding hydrogens is 260 g/mol. The van der Waals surface area contributed by atoms with Gasteiger partial charge in [-0.25, -0.2) is 0 Å². The van der Waals surface area contributed by atoms with Gasteiger partial charge in [0, 0.05) is 6.42 Å². The second-order valence-electron chi connectivity index (χ2n) is 5.52. The Bertz CT molecular complexity index is 769. The fourth-order valence-electron chi connectivity index (χ4n) is 2.99. The fourth-order valence-corrected chi connectivity index (χ4v) is 2.99. The van der Waals surface area contributed by atoms with Crippen LogP contribution in [0.2, 0.25) is 0 Å². The van der Waals surface area contributed by atoms with E-state index in [1.165, 1.54) is 10.9 Å². The van der Waals surface area contributed by atoms with Crippen LogP contribution in [-0.2, 0) is 6.42 Å². The van der Waals surface area contributed by atoms with Gasteiger partial charge in [-0.3, -0.25) is 0 Å². The normalized spacial score (nSPS) is 18.2. The lowest BCUT2D eigenvalue weighted by Crippen LogP contribution is -2.23. The molecule has 1 N–H and O–H groups in total. The van der Waals surface area contributed by atoms with Gasteiger partial charge in [-0.1, -0.05) is 54.6 Å². The van der Waals surface area contributed by atoms with Crippen molar-refractivity contribution in [3.8, 4) is 5.75 Å². The highest BCUT2D eigenvalue weighted by atomic mass is 16.5. The summed E-state index contributed by atoms with van der Waals surface area (Å²) in [5, 5.41) is 13.0. The Morgan fingerprint density at radius 3 is 2.52 bits per heavy atom. The van der Waals surface area contributed by atoms with E-state index in [1.54, 1.807) is 0 Å². The van der Waals surface area contributed by atoms with E-state index >= 15 is 0 Å². The van der Waals surface area contributed by atoms with Gasteiger partial charge in [0.05, 0.1) is 0 Å². The van der Waals surface area contributed by atoms with Crippen molar-refractivity contribution in [2.75, 3.05) is 0 Å². The number of fused-ring (bicyclic) bond motifs is 2. The number of ether oxygens (including phenoxy) is 1. The van der Waals surface area contributed by atoms with E-state index in [9.17, 15) is 5.11 Å². The molecule has 2 atom stereocenters. The number of hydrogen-bond donors (Lipinski definition) is 1. The molecule has 1 aliphatic heterocycles. The fraction of sp³-hybridized carbons (Fsp3) is 0.158. The molecule has 104 valence electrons. The molecule has 1 heterocycles. The van der Waals surface area contributed by atoms with Crippen LogP contribution in [0.1, 0.15) is 17.2 Å². The van der Waals surface area contributed by atoms with Gasteiger partial charge in [0.25, 0.3) is 0 Å². The third kappa shape index (κ3) is 2.18. The number of para-hydroxylation sites is 1. The number of hydrogen-bond acceptors (Lipinski definition) is 2. The van der Waals surface area contributed by atoms with Gasteiger partial charge in [-0.15, -0.1) is 0 Å². The summed E-state index contributed by atoms with van der Waals surface area (Å²) in [4.78, 5) is 0. The maximum atomic E-state index is 10.6. The highest BCUT2D eigenvalue weighted by Crippen LogP contribution is 2.34. The van der Waals surface area contributed by atoms with E-state index in [-0.39, 0.29) is 6.10 Å². The Morgan fingerprint density at radius 1 is 0.905 bits per heavy atom. The van der Waals surface area contributed by atoms with Gasteiger partial charge in [0.2, 0.25) is 0 Å². The highest BCUT2D eigenvalue weighted by Gasteiger charge is 2.29. The molecule has 0 radical (unpaired) electrons. The predicted octanol–water partition coefficient (Wildman–Crippen LogP) is 3.88. The maximum absolute atomic E-state index is 10.6. The minimum absolute atomic E-state index is 0.205. The van der Waals surface area contributed by atoms with Gasteiger partial charge in [0.1, 0.15) is 18.0 Å². The quantitative estimate of drug-likeness (QED) is 0.769. The van der Waals surface area contributed by atoms with Crippen LogP contribution in [0, 0.1) is 0 Å². The predicted molar refractivity (Wildman–Crippen MR) is 83.5 cm³/mol. The molecule has 0 saturated heterocycles. The van der Waals surface area contributed by atoms with Crippen molar-refractivity contribution < 1.29 is 9.84 Å². The summed E-state index contributed by atoms with van der Waals surface area (Å²) < 4.78 is 5.89. The van der Waals surface area contributed by atoms with E-state index in [4.69, 9.17) is 4.74 Å². The standard InChI is InChI=1S/C19H16O2/c20-19(18-12-15-7-3-4-8-17(15)21-18)16-10-9-13-5-1-2-6-14(13)11-16/h1-11,18-20H,12H2. The second kappa shape index (κ2) is 4.90. The topological polar surface area (TPSA) is 29.5 Å². The van der Waals surface area contributed by atoms with Crippen LogP contribution in [0.4, 0.5) is 0 Å². The molecule has 21 heavy (non-hydrogen) atoms. The van der Waals surface area contributed by atoms with Crippen molar-refractivity contribution in [3.63, 3.8) is 0 Å². The van der Waals surface area contributed by atoms with Crippen LogP contribution < -0.4 is 4.74 Å². The zero-order valence-corrected chi connectivity index (χ0v) is 11.6. The first-order valence-corrected chi connectivity index (χ1v) is 7.22. The SMILES string of the molecule is OC(c1ccc2ccccc2c1)C1Cc2ccccc2O1. The van der Waals surface area contributed by atoms with Crippen molar-refractivity contribution in [2.45, 2.75) is 18.6 Å². The zero-order chi connectivity index (χ0) is 14.2. The van der Waals surface area contributed by atoms with Gasteiger partial charge in [-0.2, -0.15) is 0 Å². The molecule has 0 saturated carbocycles. The Labute approximate surface area is 123 Å². The molecule has 3 aromatic carbocycles. The molecule has 2 nitrogen and oxygen atoms in total. The molecule has 3 aromatic rings. The first-order valence-electron chi connectivity index (χ1n) is 7.22. The summed E-state index contributed by atoms with van der Waals surface area (Å²) in [6.07, 6.45) is -0.0602. The summed E-state index contributed by atoms with van der Waals surface area (Å²) in [5.74, 6) is 0.891. The van der Waals surface area contributed by atoms with Crippen molar-refractivity contribution in [1.29, 1.82) is 0 Å². The molecule has 0 spiro atoms. The van der Waals surface area contributed by atoms with Crippen molar-refractivity contribution in [2.24, 2.45) is 0 Å². The third-order valence-electron chi connectivity index (χ3n) is 4.14. The molecule has 1 aliphatic rings. The lowest BCUT2D eigenvalue weighted by atomic mass is 9.98. The Kier molecular flexibility index (Phi) is 2.90. The first kappa shape index (κ1) is 12.4. The third-order valence-corrected chi connectivity index (χ3v) is 4.14. The van der Waals surface area contributed by atoms with Crippen LogP contribution in [0.15, 0.2) is 66.7 Å². The summed E-state index contributed by atoms with van der Waals surface area (Å²) in [7, 11) is 0. The van der Waals surface area contributed by atoms with Gasteiger partial charge < -0.3 is 9.84 Å². The number of benzene rings is 3. The molecule has 0 amide bonds. The maximum Gasteiger partial charge on any atom is 0.133 e. The lowest BCUT2D eigenvalue weighted by Gasteiger charge is -2.19. The van der Waals surface area contributed by atoms with Gasteiger partial charge >= 0.3 is 0 Å². The molecule has 2 heteroatoms. The van der Waals surface area contributed by atoms with Crippen LogP contribution in [0.3, 0.4) is 0 Å². The summed E-state index contributed by atoms with van der Waals surface area (Å²) >= 11 is 0. The van der Waals surface area contributed by atoms with E-state index in [0.717, 1.165) is 23.1 Å².